The molecule has 1 N–H and O–H groups in total. The van der Waals surface area contributed by atoms with Crippen molar-refractivity contribution in [1.82, 2.24) is 9.78 Å². The van der Waals surface area contributed by atoms with Crippen LogP contribution in [0.5, 0.6) is 0 Å². The summed E-state index contributed by atoms with van der Waals surface area (Å²) >= 11 is 1.65. The first-order chi connectivity index (χ1) is 7.20. The minimum absolute atomic E-state index is 0.587. The lowest BCUT2D eigenvalue weighted by Crippen LogP contribution is -1.99. The number of hydrogen-bond donors (Lipinski definition) is 1. The van der Waals surface area contributed by atoms with Gasteiger partial charge in [-0.15, -0.1) is 11.3 Å². The van der Waals surface area contributed by atoms with Gasteiger partial charge >= 0.3 is 0 Å². The van der Waals surface area contributed by atoms with Crippen LogP contribution < -0.4 is 0 Å². The Labute approximate surface area is 93.0 Å². The highest BCUT2D eigenvalue weighted by molar-refractivity contribution is 7.12. The first kappa shape index (κ1) is 10.4. The van der Waals surface area contributed by atoms with Gasteiger partial charge in [0.25, 0.3) is 0 Å². The first-order valence-electron chi connectivity index (χ1n) is 4.97. The Bertz CT molecular complexity index is 447. The van der Waals surface area contributed by atoms with Crippen LogP contribution in [0.25, 0.3) is 0 Å². The lowest BCUT2D eigenvalue weighted by Gasteiger charge is -2.03. The standard InChI is InChI=1S/C11H14N2OS/c1-3-8-4-5-10(15-8)11(14)9-6-7-13(2)12-9/h4-7,11,14H,3H2,1-2H3. The summed E-state index contributed by atoms with van der Waals surface area (Å²) < 4.78 is 1.70. The fraction of sp³-hybridized carbons (Fsp3) is 0.364. The van der Waals surface area contributed by atoms with E-state index in [1.165, 1.54) is 4.88 Å². The van der Waals surface area contributed by atoms with E-state index in [-0.39, 0.29) is 0 Å². The maximum atomic E-state index is 10.0. The molecule has 80 valence electrons. The van der Waals surface area contributed by atoms with Crippen LogP contribution in [-0.4, -0.2) is 14.9 Å². The van der Waals surface area contributed by atoms with Gasteiger partial charge in [-0.2, -0.15) is 5.10 Å². The second-order valence-corrected chi connectivity index (χ2v) is 4.67. The lowest BCUT2D eigenvalue weighted by molar-refractivity contribution is 0.218. The summed E-state index contributed by atoms with van der Waals surface area (Å²) in [6.07, 6.45) is 2.27. The van der Waals surface area contributed by atoms with E-state index in [9.17, 15) is 5.11 Å². The molecule has 2 heterocycles. The van der Waals surface area contributed by atoms with Crippen LogP contribution in [0.15, 0.2) is 24.4 Å². The monoisotopic (exact) mass is 222 g/mol. The Morgan fingerprint density at radius 2 is 2.27 bits per heavy atom. The minimum atomic E-state index is -0.587. The van der Waals surface area contributed by atoms with E-state index in [2.05, 4.69) is 18.1 Å². The van der Waals surface area contributed by atoms with E-state index in [0.717, 1.165) is 11.3 Å². The van der Waals surface area contributed by atoms with Crippen LogP contribution >= 0.6 is 11.3 Å². The highest BCUT2D eigenvalue weighted by Gasteiger charge is 2.14. The van der Waals surface area contributed by atoms with E-state index in [4.69, 9.17) is 0 Å². The number of aryl methyl sites for hydroxylation is 2. The molecular weight excluding hydrogens is 208 g/mol. The third kappa shape index (κ3) is 2.11. The topological polar surface area (TPSA) is 38.0 Å². The van der Waals surface area contributed by atoms with Crippen molar-refractivity contribution < 1.29 is 5.11 Å². The summed E-state index contributed by atoms with van der Waals surface area (Å²) in [4.78, 5) is 2.26. The van der Waals surface area contributed by atoms with Gasteiger partial charge < -0.3 is 5.11 Å². The van der Waals surface area contributed by atoms with Crippen LogP contribution in [0, 0.1) is 0 Å². The molecule has 0 aliphatic carbocycles. The highest BCUT2D eigenvalue weighted by Crippen LogP contribution is 2.27. The summed E-state index contributed by atoms with van der Waals surface area (Å²) in [5, 5.41) is 14.2. The van der Waals surface area contributed by atoms with Crippen LogP contribution in [0.1, 0.15) is 28.5 Å². The Morgan fingerprint density at radius 3 is 2.80 bits per heavy atom. The fourth-order valence-electron chi connectivity index (χ4n) is 1.46. The van der Waals surface area contributed by atoms with Gasteiger partial charge in [0, 0.05) is 23.0 Å². The fourth-order valence-corrected chi connectivity index (χ4v) is 2.41. The molecule has 0 aliphatic rings. The van der Waals surface area contributed by atoms with Crippen molar-refractivity contribution in [2.24, 2.45) is 7.05 Å². The Morgan fingerprint density at radius 1 is 1.47 bits per heavy atom. The maximum Gasteiger partial charge on any atom is 0.132 e. The first-order valence-corrected chi connectivity index (χ1v) is 5.78. The zero-order chi connectivity index (χ0) is 10.8. The van der Waals surface area contributed by atoms with Crippen molar-refractivity contribution in [3.8, 4) is 0 Å². The van der Waals surface area contributed by atoms with Gasteiger partial charge in [0.1, 0.15) is 6.10 Å². The predicted octanol–water partition coefficient (Wildman–Crippen LogP) is 2.13. The molecule has 0 fully saturated rings. The summed E-state index contributed by atoms with van der Waals surface area (Å²) in [7, 11) is 1.85. The number of hydrogen-bond acceptors (Lipinski definition) is 3. The average Bonchev–Trinajstić information content (AvgIpc) is 2.84. The molecule has 2 aromatic heterocycles. The number of nitrogens with zero attached hydrogens (tertiary/aromatic N) is 2. The summed E-state index contributed by atoms with van der Waals surface area (Å²) in [5.74, 6) is 0. The molecule has 0 spiro atoms. The third-order valence-electron chi connectivity index (χ3n) is 2.31. The summed E-state index contributed by atoms with van der Waals surface area (Å²) in [5.41, 5.74) is 0.710. The molecule has 1 atom stereocenters. The summed E-state index contributed by atoms with van der Waals surface area (Å²) in [6.45, 7) is 2.11. The molecule has 0 aliphatic heterocycles. The lowest BCUT2D eigenvalue weighted by atomic mass is 10.2. The Hall–Kier alpha value is -1.13. The molecule has 4 heteroatoms. The number of aliphatic hydroxyl groups is 1. The average molecular weight is 222 g/mol. The molecule has 0 bridgehead atoms. The van der Waals surface area contributed by atoms with E-state index in [1.54, 1.807) is 16.0 Å². The van der Waals surface area contributed by atoms with Crippen molar-refractivity contribution in [2.45, 2.75) is 19.4 Å². The molecule has 1 unspecified atom stereocenters. The van der Waals surface area contributed by atoms with Gasteiger partial charge in [-0.3, -0.25) is 4.68 Å². The van der Waals surface area contributed by atoms with Crippen LogP contribution in [0.3, 0.4) is 0 Å². The van der Waals surface area contributed by atoms with Crippen LogP contribution in [0.4, 0.5) is 0 Å². The second kappa shape index (κ2) is 4.16. The van der Waals surface area contributed by atoms with Crippen LogP contribution in [0.2, 0.25) is 0 Å². The Kier molecular flexibility index (Phi) is 2.88. The molecule has 3 nitrogen and oxygen atoms in total. The molecule has 0 aromatic carbocycles. The number of rotatable bonds is 3. The molecule has 0 amide bonds. The minimum Gasteiger partial charge on any atom is -0.381 e. The SMILES string of the molecule is CCc1ccc(C(O)c2ccn(C)n2)s1. The molecule has 0 saturated heterocycles. The van der Waals surface area contributed by atoms with Gasteiger partial charge in [-0.05, 0) is 24.6 Å². The van der Waals surface area contributed by atoms with Gasteiger partial charge in [0.2, 0.25) is 0 Å². The van der Waals surface area contributed by atoms with Gasteiger partial charge in [-0.25, -0.2) is 0 Å². The molecule has 0 radical (unpaired) electrons. The highest BCUT2D eigenvalue weighted by atomic mass is 32.1. The van der Waals surface area contributed by atoms with E-state index >= 15 is 0 Å². The predicted molar refractivity (Wildman–Crippen MR) is 61.0 cm³/mol. The quantitative estimate of drug-likeness (QED) is 0.864. The van der Waals surface area contributed by atoms with Gasteiger partial charge in [0.15, 0.2) is 0 Å². The normalized spacial score (nSPS) is 13.0. The molecular formula is C11H14N2OS. The molecule has 0 saturated carbocycles. The second-order valence-electron chi connectivity index (χ2n) is 3.47. The van der Waals surface area contributed by atoms with Crippen molar-refractivity contribution in [1.29, 1.82) is 0 Å². The smallest absolute Gasteiger partial charge is 0.132 e. The van der Waals surface area contributed by atoms with Crippen molar-refractivity contribution in [3.63, 3.8) is 0 Å². The van der Waals surface area contributed by atoms with Gasteiger partial charge in [0.05, 0.1) is 5.69 Å². The Balaban J connectivity index is 2.23. The van der Waals surface area contributed by atoms with Crippen LogP contribution in [-0.2, 0) is 13.5 Å². The summed E-state index contributed by atoms with van der Waals surface area (Å²) in [6, 6.07) is 5.88. The van der Waals surface area contributed by atoms with Crippen molar-refractivity contribution in [3.05, 3.63) is 39.8 Å². The van der Waals surface area contributed by atoms with Gasteiger partial charge in [-0.1, -0.05) is 6.92 Å². The third-order valence-corrected chi connectivity index (χ3v) is 3.60. The van der Waals surface area contributed by atoms with E-state index in [0.29, 0.717) is 5.69 Å². The zero-order valence-electron chi connectivity index (χ0n) is 8.84. The zero-order valence-corrected chi connectivity index (χ0v) is 9.66. The van der Waals surface area contributed by atoms with E-state index in [1.807, 2.05) is 25.4 Å². The number of aliphatic hydroxyl groups excluding tert-OH is 1. The number of thiophene rings is 1. The number of aromatic nitrogens is 2. The van der Waals surface area contributed by atoms with Crippen molar-refractivity contribution >= 4 is 11.3 Å². The molecule has 15 heavy (non-hydrogen) atoms. The molecule has 2 aromatic rings. The van der Waals surface area contributed by atoms with Crippen molar-refractivity contribution in [2.75, 3.05) is 0 Å². The maximum absolute atomic E-state index is 10.0. The molecule has 2 rings (SSSR count). The van der Waals surface area contributed by atoms with E-state index < -0.39 is 6.10 Å². The largest absolute Gasteiger partial charge is 0.381 e.